The van der Waals surface area contributed by atoms with Crippen molar-refractivity contribution in [3.63, 3.8) is 0 Å². The SMILES string of the molecule is CC(C(=O)NCc1ccc(C(C)(C)C)cc1)c1ccc2nc(NC(=O)O)sc2c1. The average Bonchev–Trinajstić information content (AvgIpc) is 3.05. The topological polar surface area (TPSA) is 91.3 Å². The maximum Gasteiger partial charge on any atom is 0.410 e. The second-order valence-electron chi connectivity index (χ2n) is 8.06. The van der Waals surface area contributed by atoms with Crippen molar-refractivity contribution >= 4 is 38.7 Å². The number of rotatable bonds is 5. The van der Waals surface area contributed by atoms with Gasteiger partial charge in [-0.05, 0) is 41.2 Å². The Labute approximate surface area is 174 Å². The first kappa shape index (κ1) is 20.8. The molecule has 1 atom stereocenters. The number of nitrogens with zero attached hydrogens (tertiary/aromatic N) is 1. The molecule has 2 amide bonds. The molecule has 1 unspecified atom stereocenters. The molecule has 1 heterocycles. The first-order chi connectivity index (χ1) is 13.6. The van der Waals surface area contributed by atoms with Gasteiger partial charge in [0.05, 0.1) is 16.1 Å². The van der Waals surface area contributed by atoms with Crippen LogP contribution in [0.4, 0.5) is 9.93 Å². The summed E-state index contributed by atoms with van der Waals surface area (Å²) in [6, 6.07) is 13.9. The summed E-state index contributed by atoms with van der Waals surface area (Å²) in [5.41, 5.74) is 3.99. The highest BCUT2D eigenvalue weighted by atomic mass is 32.1. The Balaban J connectivity index is 1.65. The van der Waals surface area contributed by atoms with E-state index in [1.165, 1.54) is 16.9 Å². The van der Waals surface area contributed by atoms with Crippen molar-refractivity contribution in [1.82, 2.24) is 10.3 Å². The molecule has 0 aliphatic rings. The number of carbonyl (C=O) groups is 2. The molecule has 29 heavy (non-hydrogen) atoms. The fourth-order valence-corrected chi connectivity index (χ4v) is 3.88. The van der Waals surface area contributed by atoms with E-state index in [2.05, 4.69) is 48.5 Å². The number of hydrogen-bond donors (Lipinski definition) is 3. The predicted octanol–water partition coefficient (Wildman–Crippen LogP) is 5.10. The number of hydrogen-bond acceptors (Lipinski definition) is 4. The fraction of sp³-hybridized carbons (Fsp3) is 0.318. The largest absolute Gasteiger partial charge is 0.465 e. The lowest BCUT2D eigenvalue weighted by Crippen LogP contribution is -2.27. The molecule has 3 N–H and O–H groups in total. The van der Waals surface area contributed by atoms with E-state index >= 15 is 0 Å². The normalized spacial score (nSPS) is 12.6. The molecule has 0 saturated heterocycles. The molecule has 0 aliphatic heterocycles. The predicted molar refractivity (Wildman–Crippen MR) is 117 cm³/mol. The molecule has 152 valence electrons. The molecule has 3 aromatic rings. The fourth-order valence-electron chi connectivity index (χ4n) is 2.97. The van der Waals surface area contributed by atoms with E-state index in [0.717, 1.165) is 15.8 Å². The molecule has 6 nitrogen and oxygen atoms in total. The van der Waals surface area contributed by atoms with Gasteiger partial charge in [-0.3, -0.25) is 10.1 Å². The standard InChI is InChI=1S/C22H25N3O3S/c1-13(15-7-10-17-18(11-15)29-20(24-17)25-21(27)28)19(26)23-12-14-5-8-16(9-6-14)22(2,3)4/h5-11,13H,12H2,1-4H3,(H,23,26)(H,24,25)(H,27,28). The van der Waals surface area contributed by atoms with Crippen LogP contribution < -0.4 is 10.6 Å². The highest BCUT2D eigenvalue weighted by Gasteiger charge is 2.17. The summed E-state index contributed by atoms with van der Waals surface area (Å²) >= 11 is 1.25. The summed E-state index contributed by atoms with van der Waals surface area (Å²) in [4.78, 5) is 27.6. The zero-order chi connectivity index (χ0) is 21.2. The maximum absolute atomic E-state index is 12.6. The number of benzene rings is 2. The monoisotopic (exact) mass is 411 g/mol. The number of carboxylic acid groups (broad SMARTS) is 1. The Morgan fingerprint density at radius 3 is 2.45 bits per heavy atom. The number of amides is 2. The van der Waals surface area contributed by atoms with Crippen LogP contribution in [0.5, 0.6) is 0 Å². The highest BCUT2D eigenvalue weighted by Crippen LogP contribution is 2.29. The van der Waals surface area contributed by atoms with Crippen LogP contribution in [0, 0.1) is 0 Å². The van der Waals surface area contributed by atoms with E-state index in [9.17, 15) is 9.59 Å². The number of fused-ring (bicyclic) bond motifs is 1. The smallest absolute Gasteiger partial charge is 0.410 e. The third kappa shape index (κ3) is 5.12. The third-order valence-electron chi connectivity index (χ3n) is 4.81. The van der Waals surface area contributed by atoms with Gasteiger partial charge >= 0.3 is 6.09 Å². The number of anilines is 1. The van der Waals surface area contributed by atoms with Crippen LogP contribution in [-0.4, -0.2) is 22.1 Å². The molecule has 1 aromatic heterocycles. The molecular formula is C22H25N3O3S. The maximum atomic E-state index is 12.6. The molecule has 3 rings (SSSR count). The Hall–Kier alpha value is -2.93. The zero-order valence-electron chi connectivity index (χ0n) is 16.9. The van der Waals surface area contributed by atoms with Gasteiger partial charge < -0.3 is 10.4 Å². The quantitative estimate of drug-likeness (QED) is 0.544. The minimum Gasteiger partial charge on any atom is -0.465 e. The van der Waals surface area contributed by atoms with Gasteiger partial charge in [0, 0.05) is 6.54 Å². The first-order valence-corrected chi connectivity index (χ1v) is 10.2. The number of nitrogens with one attached hydrogen (secondary N) is 2. The van der Waals surface area contributed by atoms with E-state index in [4.69, 9.17) is 5.11 Å². The lowest BCUT2D eigenvalue weighted by molar-refractivity contribution is -0.122. The second kappa shape index (κ2) is 8.21. The molecule has 0 bridgehead atoms. The van der Waals surface area contributed by atoms with Crippen molar-refractivity contribution in [3.05, 3.63) is 59.2 Å². The summed E-state index contributed by atoms with van der Waals surface area (Å²) in [6.07, 6.45) is -1.15. The minimum absolute atomic E-state index is 0.0577. The average molecular weight is 412 g/mol. The van der Waals surface area contributed by atoms with Crippen LogP contribution in [0.25, 0.3) is 10.2 Å². The first-order valence-electron chi connectivity index (χ1n) is 9.41. The van der Waals surface area contributed by atoms with Crippen LogP contribution >= 0.6 is 11.3 Å². The molecule has 2 aromatic carbocycles. The van der Waals surface area contributed by atoms with E-state index in [-0.39, 0.29) is 17.2 Å². The molecule has 0 saturated carbocycles. The highest BCUT2D eigenvalue weighted by molar-refractivity contribution is 7.22. The second-order valence-corrected chi connectivity index (χ2v) is 9.09. The van der Waals surface area contributed by atoms with Gasteiger partial charge in [-0.2, -0.15) is 0 Å². The Morgan fingerprint density at radius 2 is 1.83 bits per heavy atom. The van der Waals surface area contributed by atoms with Crippen molar-refractivity contribution < 1.29 is 14.7 Å². The number of aromatic nitrogens is 1. The van der Waals surface area contributed by atoms with E-state index < -0.39 is 6.09 Å². The van der Waals surface area contributed by atoms with Crippen molar-refractivity contribution in [3.8, 4) is 0 Å². The van der Waals surface area contributed by atoms with Crippen molar-refractivity contribution in [2.75, 3.05) is 5.32 Å². The molecular weight excluding hydrogens is 386 g/mol. The Morgan fingerprint density at radius 1 is 1.14 bits per heavy atom. The van der Waals surface area contributed by atoms with Crippen molar-refractivity contribution in [2.45, 2.75) is 45.6 Å². The van der Waals surface area contributed by atoms with Gasteiger partial charge in [0.2, 0.25) is 5.91 Å². The summed E-state index contributed by atoms with van der Waals surface area (Å²) in [5, 5.41) is 14.4. The Kier molecular flexibility index (Phi) is 5.88. The van der Waals surface area contributed by atoms with Crippen LogP contribution in [0.1, 0.15) is 50.3 Å². The van der Waals surface area contributed by atoms with E-state index in [0.29, 0.717) is 17.2 Å². The van der Waals surface area contributed by atoms with Crippen LogP contribution in [0.2, 0.25) is 0 Å². The van der Waals surface area contributed by atoms with Crippen LogP contribution in [0.3, 0.4) is 0 Å². The Bertz CT molecular complexity index is 1040. The van der Waals surface area contributed by atoms with Gasteiger partial charge in [0.1, 0.15) is 0 Å². The molecule has 0 radical (unpaired) electrons. The molecule has 7 heteroatoms. The van der Waals surface area contributed by atoms with Gasteiger partial charge in [0.25, 0.3) is 0 Å². The third-order valence-corrected chi connectivity index (χ3v) is 5.74. The van der Waals surface area contributed by atoms with E-state index in [1.54, 1.807) is 0 Å². The summed E-state index contributed by atoms with van der Waals surface area (Å²) < 4.78 is 0.837. The summed E-state index contributed by atoms with van der Waals surface area (Å²) in [6.45, 7) is 8.85. The van der Waals surface area contributed by atoms with Gasteiger partial charge in [-0.1, -0.05) is 62.4 Å². The summed E-state index contributed by atoms with van der Waals surface area (Å²) in [7, 11) is 0. The van der Waals surface area contributed by atoms with Crippen molar-refractivity contribution in [1.29, 1.82) is 0 Å². The van der Waals surface area contributed by atoms with Crippen LogP contribution in [-0.2, 0) is 16.8 Å². The van der Waals surface area contributed by atoms with E-state index in [1.807, 2.05) is 37.3 Å². The van der Waals surface area contributed by atoms with Crippen LogP contribution in [0.15, 0.2) is 42.5 Å². The minimum atomic E-state index is -1.15. The molecule has 0 spiro atoms. The zero-order valence-corrected chi connectivity index (χ0v) is 17.8. The molecule has 0 aliphatic carbocycles. The van der Waals surface area contributed by atoms with Gasteiger partial charge in [-0.15, -0.1) is 0 Å². The number of carbonyl (C=O) groups excluding carboxylic acids is 1. The van der Waals surface area contributed by atoms with Crippen molar-refractivity contribution in [2.24, 2.45) is 0 Å². The molecule has 0 fully saturated rings. The van der Waals surface area contributed by atoms with Gasteiger partial charge in [0.15, 0.2) is 5.13 Å². The number of thiazole rings is 1. The summed E-state index contributed by atoms with van der Waals surface area (Å²) in [5.74, 6) is -0.385. The lowest BCUT2D eigenvalue weighted by Gasteiger charge is -2.19. The van der Waals surface area contributed by atoms with Gasteiger partial charge in [-0.25, -0.2) is 9.78 Å². The lowest BCUT2D eigenvalue weighted by atomic mass is 9.87.